The molecular formula is C37H48N4O9S. The molecule has 51 heavy (non-hydrogen) atoms. The van der Waals surface area contributed by atoms with Gasteiger partial charge in [0.25, 0.3) is 0 Å². The molecule has 7 rings (SSSR count). The number of carbonyl (C=O) groups is 5. The van der Waals surface area contributed by atoms with Gasteiger partial charge in [0.2, 0.25) is 21.8 Å². The summed E-state index contributed by atoms with van der Waals surface area (Å²) in [5.41, 5.74) is 1.95. The van der Waals surface area contributed by atoms with Crippen LogP contribution >= 0.6 is 0 Å². The van der Waals surface area contributed by atoms with Crippen molar-refractivity contribution in [3.8, 4) is 0 Å². The van der Waals surface area contributed by atoms with Gasteiger partial charge in [-0.3, -0.25) is 24.0 Å². The van der Waals surface area contributed by atoms with Crippen LogP contribution in [-0.4, -0.2) is 84.6 Å². The van der Waals surface area contributed by atoms with Gasteiger partial charge in [0.05, 0.1) is 29.9 Å². The predicted molar refractivity (Wildman–Crippen MR) is 184 cm³/mol. The van der Waals surface area contributed by atoms with Crippen molar-refractivity contribution in [2.45, 2.75) is 120 Å². The molecule has 0 unspecified atom stereocenters. The van der Waals surface area contributed by atoms with Crippen LogP contribution in [0.2, 0.25) is 0 Å². The van der Waals surface area contributed by atoms with E-state index < -0.39 is 74.6 Å². The van der Waals surface area contributed by atoms with Gasteiger partial charge in [-0.1, -0.05) is 43.5 Å². The van der Waals surface area contributed by atoms with Crippen LogP contribution in [0.5, 0.6) is 0 Å². The minimum Gasteiger partial charge on any atom is -0.450 e. The number of aryl methyl sites for hydroxylation is 1. The van der Waals surface area contributed by atoms with E-state index in [4.69, 9.17) is 9.47 Å². The molecule has 14 heteroatoms. The monoisotopic (exact) mass is 724 g/mol. The first-order chi connectivity index (χ1) is 24.5. The van der Waals surface area contributed by atoms with E-state index in [0.717, 1.165) is 61.6 Å². The Kier molecular flexibility index (Phi) is 9.90. The van der Waals surface area contributed by atoms with Gasteiger partial charge in [-0.25, -0.2) is 18.0 Å². The number of ether oxygens (including phenoxy) is 2. The normalized spacial score (nSPS) is 30.4. The number of alkyl carbamates (subject to hydrolysis) is 1. The number of fused-ring (bicyclic) bond motifs is 3. The van der Waals surface area contributed by atoms with Crippen molar-refractivity contribution in [1.29, 1.82) is 0 Å². The van der Waals surface area contributed by atoms with Gasteiger partial charge in [0.1, 0.15) is 12.1 Å². The third-order valence-corrected chi connectivity index (χ3v) is 13.6. The molecule has 4 amide bonds. The van der Waals surface area contributed by atoms with Crippen molar-refractivity contribution in [2.24, 2.45) is 17.3 Å². The molecule has 2 N–H and O–H groups in total. The van der Waals surface area contributed by atoms with Crippen LogP contribution < -0.4 is 10.0 Å². The fourth-order valence-corrected chi connectivity index (χ4v) is 9.98. The maximum atomic E-state index is 14.6. The SMILES string of the molecule is C=C[C@@H]1C[C@]1(CC(=O)[C@@H]1C[C@@H]2CN1C(=O)[C@H](C1CCCCC1)NC(=O)OCCCCc1cccc3c1CN(C3)C(=O)O2)C(=O)NS(=O)(=O)C1CC1. The largest absolute Gasteiger partial charge is 0.450 e. The van der Waals surface area contributed by atoms with Crippen LogP contribution in [0, 0.1) is 17.3 Å². The fourth-order valence-electron chi connectivity index (χ4n) is 8.59. The topological polar surface area (TPSA) is 168 Å². The first kappa shape index (κ1) is 35.5. The summed E-state index contributed by atoms with van der Waals surface area (Å²) in [7, 11) is -3.86. The number of hydrogen-bond donors (Lipinski definition) is 2. The van der Waals surface area contributed by atoms with Crippen LogP contribution in [0.1, 0.15) is 93.7 Å². The zero-order valence-electron chi connectivity index (χ0n) is 29.0. The van der Waals surface area contributed by atoms with Crippen molar-refractivity contribution in [1.82, 2.24) is 19.8 Å². The quantitative estimate of drug-likeness (QED) is 0.378. The van der Waals surface area contributed by atoms with Crippen LogP contribution in [0.4, 0.5) is 9.59 Å². The average molecular weight is 725 g/mol. The smallest absolute Gasteiger partial charge is 0.410 e. The van der Waals surface area contributed by atoms with Gasteiger partial charge in [-0.15, -0.1) is 6.58 Å². The van der Waals surface area contributed by atoms with Crippen molar-refractivity contribution in [2.75, 3.05) is 13.2 Å². The van der Waals surface area contributed by atoms with E-state index in [9.17, 15) is 32.4 Å². The van der Waals surface area contributed by atoms with E-state index in [1.807, 2.05) is 12.1 Å². The number of benzene rings is 1. The number of Topliss-reactive ketones (excluding diaryl/α,β-unsaturated/α-hetero) is 1. The molecule has 13 nitrogen and oxygen atoms in total. The predicted octanol–water partition coefficient (Wildman–Crippen LogP) is 3.88. The number of hydrogen-bond acceptors (Lipinski definition) is 9. The lowest BCUT2D eigenvalue weighted by atomic mass is 9.83. The maximum Gasteiger partial charge on any atom is 0.410 e. The summed E-state index contributed by atoms with van der Waals surface area (Å²) in [6.45, 7) is 4.69. The first-order valence-corrected chi connectivity index (χ1v) is 20.0. The van der Waals surface area contributed by atoms with Crippen LogP contribution in [0.3, 0.4) is 0 Å². The highest BCUT2D eigenvalue weighted by Gasteiger charge is 2.61. The summed E-state index contributed by atoms with van der Waals surface area (Å²) < 4.78 is 39.2. The van der Waals surface area contributed by atoms with Crippen molar-refractivity contribution in [3.05, 3.63) is 47.5 Å². The molecule has 3 aliphatic heterocycles. The average Bonchev–Trinajstić information content (AvgIpc) is 4.01. The number of amides is 4. The molecule has 1 aromatic rings. The number of cyclic esters (lactones) is 1. The van der Waals surface area contributed by atoms with E-state index in [-0.39, 0.29) is 38.3 Å². The number of nitrogens with one attached hydrogen (secondary N) is 2. The van der Waals surface area contributed by atoms with Gasteiger partial charge in [0, 0.05) is 25.9 Å². The van der Waals surface area contributed by atoms with Crippen molar-refractivity contribution < 1.29 is 41.9 Å². The highest BCUT2D eigenvalue weighted by atomic mass is 32.2. The Hall–Kier alpha value is -3.94. The molecule has 0 radical (unpaired) electrons. The summed E-state index contributed by atoms with van der Waals surface area (Å²) in [6, 6.07) is 4.01. The van der Waals surface area contributed by atoms with E-state index in [2.05, 4.69) is 22.7 Å². The lowest BCUT2D eigenvalue weighted by Gasteiger charge is -2.34. The second-order valence-electron chi connectivity index (χ2n) is 15.3. The molecule has 5 atom stereocenters. The number of carbonyl (C=O) groups excluding carboxylic acids is 5. The Bertz CT molecular complexity index is 1700. The van der Waals surface area contributed by atoms with Crippen molar-refractivity contribution in [3.63, 3.8) is 0 Å². The number of sulfonamides is 1. The summed E-state index contributed by atoms with van der Waals surface area (Å²) in [4.78, 5) is 72.2. The molecule has 0 spiro atoms. The lowest BCUT2D eigenvalue weighted by Crippen LogP contribution is -2.55. The fraction of sp³-hybridized carbons (Fsp3) is 0.649. The Morgan fingerprint density at radius 3 is 2.51 bits per heavy atom. The maximum absolute atomic E-state index is 14.6. The zero-order valence-corrected chi connectivity index (χ0v) is 29.8. The molecule has 3 aliphatic carbocycles. The second-order valence-corrected chi connectivity index (χ2v) is 17.3. The van der Waals surface area contributed by atoms with Gasteiger partial charge < -0.3 is 19.7 Å². The molecule has 3 heterocycles. The summed E-state index contributed by atoms with van der Waals surface area (Å²) >= 11 is 0. The Morgan fingerprint density at radius 2 is 1.78 bits per heavy atom. The molecule has 1 aromatic carbocycles. The summed E-state index contributed by atoms with van der Waals surface area (Å²) in [5, 5.41) is 2.22. The molecule has 4 bridgehead atoms. The van der Waals surface area contributed by atoms with Crippen LogP contribution in [0.25, 0.3) is 0 Å². The first-order valence-electron chi connectivity index (χ1n) is 18.5. The van der Waals surface area contributed by atoms with E-state index in [1.165, 1.54) is 4.90 Å². The third kappa shape index (κ3) is 7.38. The third-order valence-electron chi connectivity index (χ3n) is 11.8. The summed E-state index contributed by atoms with van der Waals surface area (Å²) in [5.74, 6) is -2.21. The van der Waals surface area contributed by atoms with Crippen LogP contribution in [0.15, 0.2) is 30.9 Å². The Morgan fingerprint density at radius 1 is 1.02 bits per heavy atom. The molecule has 4 fully saturated rings. The minimum absolute atomic E-state index is 0.0149. The van der Waals surface area contributed by atoms with Crippen LogP contribution in [-0.2, 0) is 53.4 Å². The minimum atomic E-state index is -3.86. The molecule has 3 saturated carbocycles. The van der Waals surface area contributed by atoms with E-state index in [0.29, 0.717) is 32.4 Å². The molecule has 1 saturated heterocycles. The highest BCUT2D eigenvalue weighted by molar-refractivity contribution is 7.90. The van der Waals surface area contributed by atoms with Gasteiger partial charge >= 0.3 is 12.2 Å². The Labute approximate surface area is 298 Å². The number of allylic oxidation sites excluding steroid dienone is 1. The second kappa shape index (κ2) is 14.2. The molecule has 6 aliphatic rings. The molecule has 276 valence electrons. The van der Waals surface area contributed by atoms with E-state index >= 15 is 0 Å². The van der Waals surface area contributed by atoms with E-state index in [1.54, 1.807) is 11.0 Å². The van der Waals surface area contributed by atoms with Gasteiger partial charge in [-0.05, 0) is 79.9 Å². The van der Waals surface area contributed by atoms with Gasteiger partial charge in [0.15, 0.2) is 5.78 Å². The standard InChI is InChI=1S/C37H48N4O9S/c1-2-26-18-37(26,34(44)39-51(47,48)28-14-15-28)19-31(42)30-17-27-21-41(30)33(43)32(24-10-4-3-5-11-24)38-35(45)49-16-7-6-9-23-12-8-13-25-20-40(22-29(23)25)36(46)50-27/h2,8,12-13,24,26-28,30,32H,1,3-7,9-11,14-22H2,(H,38,45)(H,39,44)/t26-,27-,30+,32+,37-/m1/s1. The summed E-state index contributed by atoms with van der Waals surface area (Å²) in [6.07, 6.45) is 6.86. The number of ketones is 1. The highest BCUT2D eigenvalue weighted by Crippen LogP contribution is 2.57. The number of nitrogens with zero attached hydrogens (tertiary/aromatic N) is 2. The van der Waals surface area contributed by atoms with Crippen molar-refractivity contribution >= 4 is 39.8 Å². The van der Waals surface area contributed by atoms with Gasteiger partial charge in [-0.2, -0.15) is 0 Å². The molecule has 0 aromatic heterocycles. The Balaban J connectivity index is 1.16. The lowest BCUT2D eigenvalue weighted by molar-refractivity contribution is -0.141. The zero-order chi connectivity index (χ0) is 35.9. The number of rotatable bonds is 8. The molecular weight excluding hydrogens is 676 g/mol.